The van der Waals surface area contributed by atoms with E-state index in [0.29, 0.717) is 36.6 Å². The molecule has 4 heteroatoms. The van der Waals surface area contributed by atoms with E-state index in [-0.39, 0.29) is 11.6 Å². The summed E-state index contributed by atoms with van der Waals surface area (Å²) >= 11 is 0. The van der Waals surface area contributed by atoms with Crippen LogP contribution >= 0.6 is 0 Å². The molecule has 2 atom stereocenters. The number of carbonyl (C=O) groups is 2. The lowest BCUT2D eigenvalue weighted by Crippen LogP contribution is -2.45. The Balaban J connectivity index is 2.98. The van der Waals surface area contributed by atoms with Crippen molar-refractivity contribution in [1.29, 1.82) is 0 Å². The summed E-state index contributed by atoms with van der Waals surface area (Å²) in [6.07, 6.45) is 9.70. The van der Waals surface area contributed by atoms with E-state index in [9.17, 15) is 14.7 Å². The number of hydrogen-bond donors (Lipinski definition) is 2. The maximum Gasteiger partial charge on any atom is 0.190 e. The molecule has 2 N–H and O–H groups in total. The monoisotopic (exact) mass is 417 g/mol. The maximum atomic E-state index is 13.2. The molecule has 0 spiro atoms. The van der Waals surface area contributed by atoms with Crippen molar-refractivity contribution in [3.63, 3.8) is 0 Å². The van der Waals surface area contributed by atoms with Gasteiger partial charge in [0.1, 0.15) is 6.10 Å². The lowest BCUT2D eigenvalue weighted by Gasteiger charge is -2.30. The normalized spacial score (nSPS) is 20.2. The van der Waals surface area contributed by atoms with Gasteiger partial charge in [0.25, 0.3) is 0 Å². The number of rotatable bonds is 13. The number of hydrogen-bond acceptors (Lipinski definition) is 4. The van der Waals surface area contributed by atoms with Crippen molar-refractivity contribution in [2.75, 3.05) is 6.54 Å². The van der Waals surface area contributed by atoms with Crippen LogP contribution < -0.4 is 5.32 Å². The van der Waals surface area contributed by atoms with Gasteiger partial charge in [-0.15, -0.1) is 0 Å². The van der Waals surface area contributed by atoms with Crippen molar-refractivity contribution in [3.8, 4) is 0 Å². The second-order valence-electron chi connectivity index (χ2n) is 9.31. The summed E-state index contributed by atoms with van der Waals surface area (Å²) in [7, 11) is 0. The molecule has 1 aliphatic carbocycles. The van der Waals surface area contributed by atoms with Gasteiger partial charge >= 0.3 is 0 Å². The molecule has 0 aromatic rings. The van der Waals surface area contributed by atoms with Crippen LogP contribution in [0.2, 0.25) is 0 Å². The van der Waals surface area contributed by atoms with Crippen LogP contribution in [-0.4, -0.2) is 29.3 Å². The van der Waals surface area contributed by atoms with Gasteiger partial charge in [-0.3, -0.25) is 9.59 Å². The van der Waals surface area contributed by atoms with E-state index in [1.807, 2.05) is 13.0 Å². The first-order valence-electron chi connectivity index (χ1n) is 11.7. The smallest absolute Gasteiger partial charge is 0.190 e. The van der Waals surface area contributed by atoms with E-state index >= 15 is 0 Å². The highest BCUT2D eigenvalue weighted by Gasteiger charge is 2.41. The van der Waals surface area contributed by atoms with Crippen molar-refractivity contribution in [2.24, 2.45) is 11.8 Å². The molecule has 0 fully saturated rings. The predicted molar refractivity (Wildman–Crippen MR) is 125 cm³/mol. The first kappa shape index (κ1) is 26.4. The summed E-state index contributed by atoms with van der Waals surface area (Å²) < 4.78 is 0. The molecule has 0 saturated carbocycles. The molecule has 0 heterocycles. The Labute approximate surface area is 183 Å². The van der Waals surface area contributed by atoms with Gasteiger partial charge in [0, 0.05) is 12.1 Å². The minimum atomic E-state index is -1.23. The van der Waals surface area contributed by atoms with Gasteiger partial charge in [0.15, 0.2) is 11.6 Å². The molecule has 0 saturated heterocycles. The van der Waals surface area contributed by atoms with Crippen LogP contribution in [-0.2, 0) is 9.59 Å². The molecule has 4 nitrogen and oxygen atoms in total. The highest BCUT2D eigenvalue weighted by Crippen LogP contribution is 2.29. The average Bonchev–Trinajstić information content (AvgIpc) is 2.67. The Morgan fingerprint density at radius 2 is 1.80 bits per heavy atom. The molecule has 1 aliphatic rings. The topological polar surface area (TPSA) is 66.4 Å². The third kappa shape index (κ3) is 8.59. The van der Waals surface area contributed by atoms with E-state index < -0.39 is 12.0 Å². The highest BCUT2D eigenvalue weighted by atomic mass is 16.3. The summed E-state index contributed by atoms with van der Waals surface area (Å²) in [5.41, 5.74) is 3.45. The molecule has 0 bridgehead atoms. The SMILES string of the molecule is CCCCCC1=C(NCCC(C)C)C(=O)C(C/C=C(\C)CCC=C(C)C)[C@H](O)C1=O. The first-order chi connectivity index (χ1) is 14.2. The average molecular weight is 418 g/mol. The van der Waals surface area contributed by atoms with Gasteiger partial charge in [-0.05, 0) is 65.2 Å². The van der Waals surface area contributed by atoms with Crippen molar-refractivity contribution < 1.29 is 14.7 Å². The number of Topliss-reactive ketones (excluding diaryl/α,β-unsaturated/α-hetero) is 2. The van der Waals surface area contributed by atoms with Crippen LogP contribution in [0, 0.1) is 11.8 Å². The number of unbranched alkanes of at least 4 members (excludes halogenated alkanes) is 2. The van der Waals surface area contributed by atoms with Crippen molar-refractivity contribution >= 4 is 11.6 Å². The summed E-state index contributed by atoms with van der Waals surface area (Å²) in [5, 5.41) is 13.9. The molecule has 1 rings (SSSR count). The number of ketones is 2. The van der Waals surface area contributed by atoms with Gasteiger partial charge in [-0.1, -0.05) is 56.9 Å². The molecular weight excluding hydrogens is 374 g/mol. The molecule has 0 aromatic carbocycles. The fourth-order valence-corrected chi connectivity index (χ4v) is 3.70. The molecule has 170 valence electrons. The van der Waals surface area contributed by atoms with Crippen LogP contribution in [0.5, 0.6) is 0 Å². The third-order valence-electron chi connectivity index (χ3n) is 5.70. The van der Waals surface area contributed by atoms with E-state index in [1.165, 1.54) is 11.1 Å². The van der Waals surface area contributed by atoms with Crippen LogP contribution in [0.1, 0.15) is 92.9 Å². The second-order valence-corrected chi connectivity index (χ2v) is 9.31. The molecule has 30 heavy (non-hydrogen) atoms. The van der Waals surface area contributed by atoms with Gasteiger partial charge in [-0.25, -0.2) is 0 Å². The summed E-state index contributed by atoms with van der Waals surface area (Å²) in [5.74, 6) is -0.541. The number of nitrogens with one attached hydrogen (secondary N) is 1. The van der Waals surface area contributed by atoms with Crippen LogP contribution in [0.3, 0.4) is 0 Å². The quantitative estimate of drug-likeness (QED) is 0.299. The molecule has 0 radical (unpaired) electrons. The Hall–Kier alpha value is -1.68. The zero-order valence-electron chi connectivity index (χ0n) is 20.0. The number of allylic oxidation sites excluding steroid dienone is 5. The molecule has 0 amide bonds. The van der Waals surface area contributed by atoms with Gasteiger partial charge in [0.2, 0.25) is 0 Å². The minimum Gasteiger partial charge on any atom is -0.384 e. The number of aliphatic hydroxyl groups is 1. The Morgan fingerprint density at radius 3 is 2.40 bits per heavy atom. The van der Waals surface area contributed by atoms with Crippen molar-refractivity contribution in [3.05, 3.63) is 34.6 Å². The molecule has 0 aromatic heterocycles. The zero-order chi connectivity index (χ0) is 22.7. The molecule has 0 aliphatic heterocycles. The lowest BCUT2D eigenvalue weighted by molar-refractivity contribution is -0.135. The Morgan fingerprint density at radius 1 is 1.10 bits per heavy atom. The second kappa shape index (κ2) is 13.6. The van der Waals surface area contributed by atoms with Crippen LogP contribution in [0.15, 0.2) is 34.6 Å². The number of carbonyl (C=O) groups excluding carboxylic acids is 2. The fraction of sp³-hybridized carbons (Fsp3) is 0.692. The largest absolute Gasteiger partial charge is 0.384 e. The van der Waals surface area contributed by atoms with Crippen molar-refractivity contribution in [2.45, 2.75) is 99.0 Å². The number of aliphatic hydroxyl groups excluding tert-OH is 1. The molecular formula is C26H43NO3. The van der Waals surface area contributed by atoms with Crippen molar-refractivity contribution in [1.82, 2.24) is 5.32 Å². The van der Waals surface area contributed by atoms with Gasteiger partial charge in [-0.2, -0.15) is 0 Å². The third-order valence-corrected chi connectivity index (χ3v) is 5.70. The standard InChI is InChI=1S/C26H43NO3/c1-7-8-9-13-21-23(27-17-16-19(4)5)24(28)22(26(30)25(21)29)15-14-20(6)12-10-11-18(2)3/h11,14,19,22,26-27,30H,7-10,12-13,15-17H2,1-6H3/b20-14+/t22?,26-/m0/s1. The van der Waals surface area contributed by atoms with Gasteiger partial charge in [0.05, 0.1) is 11.6 Å². The van der Waals surface area contributed by atoms with E-state index in [2.05, 4.69) is 46.0 Å². The maximum absolute atomic E-state index is 13.2. The lowest BCUT2D eigenvalue weighted by atomic mass is 9.78. The molecule has 1 unspecified atom stereocenters. The summed E-state index contributed by atoms with van der Waals surface area (Å²) in [6, 6.07) is 0. The van der Waals surface area contributed by atoms with E-state index in [0.717, 1.165) is 38.5 Å². The zero-order valence-corrected chi connectivity index (χ0v) is 20.0. The Kier molecular flexibility index (Phi) is 11.9. The fourth-order valence-electron chi connectivity index (χ4n) is 3.70. The highest BCUT2D eigenvalue weighted by molar-refractivity contribution is 6.14. The summed E-state index contributed by atoms with van der Waals surface area (Å²) in [6.45, 7) is 13.3. The van der Waals surface area contributed by atoms with Crippen LogP contribution in [0.4, 0.5) is 0 Å². The summed E-state index contributed by atoms with van der Waals surface area (Å²) in [4.78, 5) is 26.2. The van der Waals surface area contributed by atoms with Crippen LogP contribution in [0.25, 0.3) is 0 Å². The predicted octanol–water partition coefficient (Wildman–Crippen LogP) is 5.67. The van der Waals surface area contributed by atoms with E-state index in [4.69, 9.17) is 0 Å². The van der Waals surface area contributed by atoms with E-state index in [1.54, 1.807) is 0 Å². The first-order valence-corrected chi connectivity index (χ1v) is 11.7. The van der Waals surface area contributed by atoms with Gasteiger partial charge < -0.3 is 10.4 Å². The minimum absolute atomic E-state index is 0.106. The Bertz CT molecular complexity index is 666.